The maximum Gasteiger partial charge on any atom is 0.244 e. The third kappa shape index (κ3) is 3.48. The monoisotopic (exact) mass is 315 g/mol. The molecule has 0 aromatic carbocycles. The first-order valence-corrected chi connectivity index (χ1v) is 8.77. The summed E-state index contributed by atoms with van der Waals surface area (Å²) in [5.74, 6) is 0. The normalized spacial score (nSPS) is 16.1. The molecule has 1 heterocycles. The van der Waals surface area contributed by atoms with Crippen LogP contribution in [-0.2, 0) is 21.3 Å². The largest absolute Gasteiger partial charge is 0.383 e. The lowest BCUT2D eigenvalue weighted by atomic mass is 10.4. The van der Waals surface area contributed by atoms with Gasteiger partial charge in [0.05, 0.1) is 6.61 Å². The average Bonchev–Trinajstić information content (AvgIpc) is 3.17. The minimum Gasteiger partial charge on any atom is -0.383 e. The number of nitrogens with zero attached hydrogens (tertiary/aromatic N) is 2. The van der Waals surface area contributed by atoms with E-state index in [1.807, 2.05) is 18.4 Å². The Bertz CT molecular complexity index is 576. The molecule has 0 saturated heterocycles. The van der Waals surface area contributed by atoms with Crippen LogP contribution in [0.15, 0.2) is 17.2 Å². The molecule has 0 spiro atoms. The molecule has 0 atom stereocenters. The Labute approximate surface area is 126 Å². The van der Waals surface area contributed by atoms with Crippen LogP contribution in [0, 0.1) is 0 Å². The molecule has 7 heteroatoms. The summed E-state index contributed by atoms with van der Waals surface area (Å²) in [5.41, 5.74) is 6.62. The summed E-state index contributed by atoms with van der Waals surface area (Å²) in [5, 5.41) is 0. The molecule has 2 rings (SSSR count). The van der Waals surface area contributed by atoms with E-state index < -0.39 is 10.0 Å². The van der Waals surface area contributed by atoms with Crippen LogP contribution in [0.5, 0.6) is 0 Å². The van der Waals surface area contributed by atoms with E-state index in [-0.39, 0.29) is 6.04 Å². The average molecular weight is 315 g/mol. The molecular weight excluding hydrogens is 290 g/mol. The molecule has 0 unspecified atom stereocenters. The van der Waals surface area contributed by atoms with Gasteiger partial charge in [-0.1, -0.05) is 0 Å². The Hall–Kier alpha value is -0.890. The van der Waals surface area contributed by atoms with Crippen LogP contribution in [-0.4, -0.2) is 43.6 Å². The number of hydrogen-bond acceptors (Lipinski definition) is 4. The topological polar surface area (TPSA) is 77.6 Å². The molecule has 0 aliphatic heterocycles. The predicted molar refractivity (Wildman–Crippen MR) is 81.5 cm³/mol. The van der Waals surface area contributed by atoms with Gasteiger partial charge in [-0.15, -0.1) is 0 Å². The van der Waals surface area contributed by atoms with Crippen LogP contribution < -0.4 is 5.73 Å². The highest BCUT2D eigenvalue weighted by Crippen LogP contribution is 2.37. The highest BCUT2D eigenvalue weighted by Gasteiger charge is 2.31. The van der Waals surface area contributed by atoms with E-state index in [0.717, 1.165) is 18.5 Å². The Balaban J connectivity index is 2.32. The summed E-state index contributed by atoms with van der Waals surface area (Å²) >= 11 is 0. The first kappa shape index (κ1) is 16.5. The van der Waals surface area contributed by atoms with Crippen molar-refractivity contribution in [3.63, 3.8) is 0 Å². The van der Waals surface area contributed by atoms with Crippen LogP contribution in [0.3, 0.4) is 0 Å². The SMILES string of the molecule is COCCN(C(C)C)S(=O)(=O)c1cc(CN)n(C2CC2)c1. The molecule has 1 aliphatic rings. The smallest absolute Gasteiger partial charge is 0.244 e. The zero-order chi connectivity index (χ0) is 15.6. The zero-order valence-corrected chi connectivity index (χ0v) is 13.8. The molecule has 1 fully saturated rings. The molecule has 1 aromatic heterocycles. The first-order valence-electron chi connectivity index (χ1n) is 7.33. The first-order chi connectivity index (χ1) is 9.91. The maximum absolute atomic E-state index is 12.8. The van der Waals surface area contributed by atoms with E-state index in [0.29, 0.717) is 30.6 Å². The lowest BCUT2D eigenvalue weighted by Gasteiger charge is -2.25. The molecule has 0 radical (unpaired) electrons. The van der Waals surface area contributed by atoms with Crippen LogP contribution in [0.25, 0.3) is 0 Å². The molecule has 1 aliphatic carbocycles. The number of ether oxygens (including phenoxy) is 1. The number of nitrogens with two attached hydrogens (primary N) is 1. The van der Waals surface area contributed by atoms with E-state index >= 15 is 0 Å². The Morgan fingerprint density at radius 3 is 2.62 bits per heavy atom. The van der Waals surface area contributed by atoms with Crippen molar-refractivity contribution in [1.82, 2.24) is 8.87 Å². The Morgan fingerprint density at radius 1 is 1.48 bits per heavy atom. The predicted octanol–water partition coefficient (Wildman–Crippen LogP) is 1.33. The third-order valence-electron chi connectivity index (χ3n) is 3.75. The molecule has 1 aromatic rings. The summed E-state index contributed by atoms with van der Waals surface area (Å²) in [7, 11) is -1.94. The second-order valence-electron chi connectivity index (χ2n) is 5.71. The van der Waals surface area contributed by atoms with Crippen molar-refractivity contribution in [1.29, 1.82) is 0 Å². The minimum absolute atomic E-state index is 0.115. The summed E-state index contributed by atoms with van der Waals surface area (Å²) < 4.78 is 34.2. The van der Waals surface area contributed by atoms with Crippen molar-refractivity contribution in [2.45, 2.75) is 50.2 Å². The van der Waals surface area contributed by atoms with Crippen molar-refractivity contribution >= 4 is 10.0 Å². The maximum atomic E-state index is 12.8. The second-order valence-corrected chi connectivity index (χ2v) is 7.60. The minimum atomic E-state index is -3.51. The summed E-state index contributed by atoms with van der Waals surface area (Å²) in [6.07, 6.45) is 3.93. The van der Waals surface area contributed by atoms with Crippen molar-refractivity contribution in [3.8, 4) is 0 Å². The molecule has 120 valence electrons. The van der Waals surface area contributed by atoms with Gasteiger partial charge in [-0.2, -0.15) is 4.31 Å². The van der Waals surface area contributed by atoms with Gasteiger partial charge in [-0.05, 0) is 32.8 Å². The Morgan fingerprint density at radius 2 is 2.14 bits per heavy atom. The fourth-order valence-corrected chi connectivity index (χ4v) is 4.14. The number of hydrogen-bond donors (Lipinski definition) is 1. The van der Waals surface area contributed by atoms with Gasteiger partial charge in [0.25, 0.3) is 0 Å². The van der Waals surface area contributed by atoms with Gasteiger partial charge in [-0.25, -0.2) is 8.42 Å². The van der Waals surface area contributed by atoms with Crippen LogP contribution in [0.1, 0.15) is 38.4 Å². The number of sulfonamides is 1. The van der Waals surface area contributed by atoms with Gasteiger partial charge >= 0.3 is 0 Å². The van der Waals surface area contributed by atoms with Crippen molar-refractivity contribution in [2.24, 2.45) is 5.73 Å². The van der Waals surface area contributed by atoms with Gasteiger partial charge in [0, 0.05) is 44.2 Å². The fraction of sp³-hybridized carbons (Fsp3) is 0.714. The van der Waals surface area contributed by atoms with Gasteiger partial charge < -0.3 is 15.0 Å². The van der Waals surface area contributed by atoms with E-state index in [9.17, 15) is 8.42 Å². The molecule has 0 bridgehead atoms. The van der Waals surface area contributed by atoms with Crippen molar-refractivity contribution in [2.75, 3.05) is 20.3 Å². The molecule has 0 amide bonds. The van der Waals surface area contributed by atoms with Crippen molar-refractivity contribution in [3.05, 3.63) is 18.0 Å². The van der Waals surface area contributed by atoms with Crippen molar-refractivity contribution < 1.29 is 13.2 Å². The molecule has 1 saturated carbocycles. The summed E-state index contributed by atoms with van der Waals surface area (Å²) in [6, 6.07) is 2.00. The highest BCUT2D eigenvalue weighted by atomic mass is 32.2. The molecule has 6 nitrogen and oxygen atoms in total. The quantitative estimate of drug-likeness (QED) is 0.785. The number of rotatable bonds is 8. The lowest BCUT2D eigenvalue weighted by Crippen LogP contribution is -2.39. The molecular formula is C14H25N3O3S. The van der Waals surface area contributed by atoms with Crippen LogP contribution >= 0.6 is 0 Å². The Kier molecular flexibility index (Phi) is 5.08. The van der Waals surface area contributed by atoms with Crippen LogP contribution in [0.2, 0.25) is 0 Å². The second kappa shape index (κ2) is 6.48. The van der Waals surface area contributed by atoms with Gasteiger partial charge in [0.2, 0.25) is 10.0 Å². The fourth-order valence-electron chi connectivity index (χ4n) is 2.47. The highest BCUT2D eigenvalue weighted by molar-refractivity contribution is 7.89. The van der Waals surface area contributed by atoms with E-state index in [1.54, 1.807) is 19.4 Å². The van der Waals surface area contributed by atoms with E-state index in [1.165, 1.54) is 4.31 Å². The standard InChI is InChI=1S/C14H25N3O3S/c1-11(2)17(6-7-20-3)21(18,19)14-8-13(9-15)16(10-14)12-4-5-12/h8,10-12H,4-7,9,15H2,1-3H3. The van der Waals surface area contributed by atoms with Crippen LogP contribution in [0.4, 0.5) is 0 Å². The van der Waals surface area contributed by atoms with Gasteiger partial charge in [0.15, 0.2) is 0 Å². The molecule has 2 N–H and O–H groups in total. The van der Waals surface area contributed by atoms with Gasteiger partial charge in [0.1, 0.15) is 4.90 Å². The van der Waals surface area contributed by atoms with E-state index in [2.05, 4.69) is 0 Å². The zero-order valence-electron chi connectivity index (χ0n) is 12.9. The number of methoxy groups -OCH3 is 1. The van der Waals surface area contributed by atoms with Gasteiger partial charge in [-0.3, -0.25) is 0 Å². The molecule has 21 heavy (non-hydrogen) atoms. The number of aromatic nitrogens is 1. The lowest BCUT2D eigenvalue weighted by molar-refractivity contribution is 0.171. The summed E-state index contributed by atoms with van der Waals surface area (Å²) in [4.78, 5) is 0.333. The van der Waals surface area contributed by atoms with E-state index in [4.69, 9.17) is 10.5 Å². The summed E-state index contributed by atoms with van der Waals surface area (Å²) in [6.45, 7) is 4.82. The third-order valence-corrected chi connectivity index (χ3v) is 5.80.